The molecule has 1 atom stereocenters. The van der Waals surface area contributed by atoms with Gasteiger partial charge in [-0.05, 0) is 50.2 Å². The fourth-order valence-electron chi connectivity index (χ4n) is 4.15. The Hall–Kier alpha value is -4.08. The molecule has 0 aliphatic carbocycles. The topological polar surface area (TPSA) is 150 Å². The molecule has 12 nitrogen and oxygen atoms in total. The van der Waals surface area contributed by atoms with Crippen LogP contribution in [0.25, 0.3) is 5.69 Å². The first-order chi connectivity index (χ1) is 19.7. The van der Waals surface area contributed by atoms with Crippen LogP contribution in [-0.4, -0.2) is 96.6 Å². The van der Waals surface area contributed by atoms with Gasteiger partial charge in [-0.3, -0.25) is 15.1 Å². The number of amidine groups is 1. The summed E-state index contributed by atoms with van der Waals surface area (Å²) in [5, 5.41) is 24.9. The third-order valence-electron chi connectivity index (χ3n) is 6.25. The van der Waals surface area contributed by atoms with Crippen LogP contribution in [0, 0.1) is 5.41 Å². The highest BCUT2D eigenvalue weighted by molar-refractivity contribution is 6.30. The molecule has 1 fully saturated rings. The van der Waals surface area contributed by atoms with Crippen molar-refractivity contribution in [3.63, 3.8) is 0 Å². The molecule has 0 unspecified atom stereocenters. The lowest BCUT2D eigenvalue weighted by Crippen LogP contribution is -2.50. The number of nitrogens with one attached hydrogen (secondary N) is 2. The zero-order valence-electron chi connectivity index (χ0n) is 22.6. The number of aliphatic hydroxyl groups is 1. The van der Waals surface area contributed by atoms with E-state index in [4.69, 9.17) is 21.7 Å². The first-order valence-electron chi connectivity index (χ1n) is 12.7. The highest BCUT2D eigenvalue weighted by Crippen LogP contribution is 2.23. The summed E-state index contributed by atoms with van der Waals surface area (Å²) in [6, 6.07) is 7.69. The van der Waals surface area contributed by atoms with Gasteiger partial charge in [-0.15, -0.1) is 5.10 Å². The normalized spacial score (nSPS) is 15.6. The van der Waals surface area contributed by atoms with Crippen LogP contribution in [0.1, 0.15) is 35.7 Å². The standard InChI is InChI=1S/C26H28ClF3N8O4/c1-25(2)14-36(10-11-42-25)23(40)21-18(4-3-9-32-21)38-15-34-20(35-38)12-33-24(41)37(13-19(39)26(28,29)30)22(31)16-5-7-17(27)8-6-16/h3-9,15,19,31,39H,10-14H2,1-2H3,(H,33,41)/t19-/m1/s1. The van der Waals surface area contributed by atoms with Gasteiger partial charge in [0, 0.05) is 29.9 Å². The lowest BCUT2D eigenvalue weighted by atomic mass is 10.1. The van der Waals surface area contributed by atoms with Gasteiger partial charge in [-0.2, -0.15) is 13.2 Å². The number of urea groups is 1. The third-order valence-corrected chi connectivity index (χ3v) is 6.50. The number of nitrogens with zero attached hydrogens (tertiary/aromatic N) is 6. The fraction of sp³-hybridized carbons (Fsp3) is 0.385. The third kappa shape index (κ3) is 7.40. The van der Waals surface area contributed by atoms with Crippen LogP contribution in [0.2, 0.25) is 5.02 Å². The molecule has 0 spiro atoms. The van der Waals surface area contributed by atoms with Crippen molar-refractivity contribution in [2.45, 2.75) is 38.3 Å². The van der Waals surface area contributed by atoms with Gasteiger partial charge in [0.2, 0.25) is 0 Å². The number of amides is 3. The van der Waals surface area contributed by atoms with Crippen molar-refractivity contribution >= 4 is 29.4 Å². The van der Waals surface area contributed by atoms with Gasteiger partial charge in [0.05, 0.1) is 31.0 Å². The Morgan fingerprint density at radius 3 is 2.62 bits per heavy atom. The molecule has 3 amide bonds. The number of pyridine rings is 1. The first kappa shape index (κ1) is 30.9. The summed E-state index contributed by atoms with van der Waals surface area (Å²) in [6.45, 7) is 3.33. The molecule has 2 aromatic heterocycles. The highest BCUT2D eigenvalue weighted by Gasteiger charge is 2.41. The SMILES string of the molecule is CC1(C)CN(C(=O)c2ncccc2-n2cnc(CNC(=O)N(C[C@@H](O)C(F)(F)F)C(=N)c3ccc(Cl)cc3)n2)CCO1. The Bertz CT molecular complexity index is 1450. The number of hydrogen-bond donors (Lipinski definition) is 3. The van der Waals surface area contributed by atoms with Gasteiger partial charge in [-0.25, -0.2) is 19.4 Å². The number of carbonyl (C=O) groups is 2. The first-order valence-corrected chi connectivity index (χ1v) is 13.1. The molecule has 0 radical (unpaired) electrons. The fourth-order valence-corrected chi connectivity index (χ4v) is 4.27. The Kier molecular flexibility index (Phi) is 9.13. The number of morpholine rings is 1. The molecule has 1 aliphatic rings. The molecule has 1 aliphatic heterocycles. The van der Waals surface area contributed by atoms with Crippen molar-refractivity contribution in [3.8, 4) is 5.69 Å². The van der Waals surface area contributed by atoms with Crippen molar-refractivity contribution in [2.24, 2.45) is 0 Å². The lowest BCUT2D eigenvalue weighted by Gasteiger charge is -2.38. The van der Waals surface area contributed by atoms with Crippen LogP contribution in [0.4, 0.5) is 18.0 Å². The minimum absolute atomic E-state index is 0.0625. The highest BCUT2D eigenvalue weighted by atomic mass is 35.5. The summed E-state index contributed by atoms with van der Waals surface area (Å²) in [5.41, 5.74) is 0.0366. The molecule has 4 rings (SSSR count). The predicted octanol–water partition coefficient (Wildman–Crippen LogP) is 3.03. The molecule has 224 valence electrons. The molecular formula is C26H28ClF3N8O4. The number of ether oxygens (including phenoxy) is 1. The number of carbonyl (C=O) groups excluding carboxylic acids is 2. The van der Waals surface area contributed by atoms with E-state index in [0.717, 1.165) is 0 Å². The van der Waals surface area contributed by atoms with E-state index in [-0.39, 0.29) is 29.5 Å². The minimum atomic E-state index is -5.02. The summed E-state index contributed by atoms with van der Waals surface area (Å²) < 4.78 is 46.3. The van der Waals surface area contributed by atoms with Crippen molar-refractivity contribution in [1.82, 2.24) is 34.9 Å². The van der Waals surface area contributed by atoms with Gasteiger partial charge in [-0.1, -0.05) is 11.6 Å². The summed E-state index contributed by atoms with van der Waals surface area (Å²) in [6.07, 6.45) is -5.14. The summed E-state index contributed by atoms with van der Waals surface area (Å²) in [4.78, 5) is 36.7. The zero-order chi connectivity index (χ0) is 30.7. The van der Waals surface area contributed by atoms with E-state index in [0.29, 0.717) is 35.3 Å². The van der Waals surface area contributed by atoms with Gasteiger partial charge >= 0.3 is 12.2 Å². The van der Waals surface area contributed by atoms with Gasteiger partial charge in [0.25, 0.3) is 5.91 Å². The zero-order valence-corrected chi connectivity index (χ0v) is 23.4. The van der Waals surface area contributed by atoms with E-state index < -0.39 is 36.3 Å². The maximum Gasteiger partial charge on any atom is 0.416 e. The number of rotatable bonds is 7. The van der Waals surface area contributed by atoms with Gasteiger partial charge in [0.1, 0.15) is 12.2 Å². The van der Waals surface area contributed by atoms with E-state index in [1.54, 1.807) is 17.0 Å². The summed E-state index contributed by atoms with van der Waals surface area (Å²) in [5.74, 6) is -0.852. The average molecular weight is 609 g/mol. The monoisotopic (exact) mass is 608 g/mol. The van der Waals surface area contributed by atoms with Crippen molar-refractivity contribution < 1.29 is 32.6 Å². The Morgan fingerprint density at radius 2 is 1.95 bits per heavy atom. The quantitative estimate of drug-likeness (QED) is 0.276. The smallest absolute Gasteiger partial charge is 0.382 e. The van der Waals surface area contributed by atoms with Crippen molar-refractivity contribution in [2.75, 3.05) is 26.2 Å². The Morgan fingerprint density at radius 1 is 1.24 bits per heavy atom. The van der Waals surface area contributed by atoms with Crippen LogP contribution >= 0.6 is 11.6 Å². The molecule has 1 saturated heterocycles. The van der Waals surface area contributed by atoms with E-state index in [1.807, 2.05) is 13.8 Å². The average Bonchev–Trinajstić information content (AvgIpc) is 3.42. The van der Waals surface area contributed by atoms with E-state index in [9.17, 15) is 27.9 Å². The number of hydrogen-bond acceptors (Lipinski definition) is 8. The van der Waals surface area contributed by atoms with E-state index >= 15 is 0 Å². The van der Waals surface area contributed by atoms with Crippen LogP contribution in [-0.2, 0) is 11.3 Å². The van der Waals surface area contributed by atoms with Gasteiger partial charge < -0.3 is 20.1 Å². The second kappa shape index (κ2) is 12.4. The van der Waals surface area contributed by atoms with Crippen LogP contribution in [0.5, 0.6) is 0 Å². The van der Waals surface area contributed by atoms with Crippen LogP contribution in [0.3, 0.4) is 0 Å². The molecule has 42 heavy (non-hydrogen) atoms. The molecule has 0 bridgehead atoms. The van der Waals surface area contributed by atoms with E-state index in [2.05, 4.69) is 20.4 Å². The maximum atomic E-state index is 13.3. The lowest BCUT2D eigenvalue weighted by molar-refractivity contribution is -0.204. The Labute approximate surface area is 243 Å². The second-order valence-corrected chi connectivity index (χ2v) is 10.4. The number of benzene rings is 1. The summed E-state index contributed by atoms with van der Waals surface area (Å²) >= 11 is 5.85. The summed E-state index contributed by atoms with van der Waals surface area (Å²) in [7, 11) is 0. The van der Waals surface area contributed by atoms with Crippen molar-refractivity contribution in [1.29, 1.82) is 5.41 Å². The molecule has 3 heterocycles. The number of aliphatic hydroxyl groups excluding tert-OH is 1. The Balaban J connectivity index is 1.49. The van der Waals surface area contributed by atoms with Gasteiger partial charge in [0.15, 0.2) is 17.6 Å². The number of halogens is 4. The molecule has 16 heteroatoms. The number of alkyl halides is 3. The molecule has 0 saturated carbocycles. The second-order valence-electron chi connectivity index (χ2n) is 9.99. The molecule has 3 aromatic rings. The van der Waals surface area contributed by atoms with E-state index in [1.165, 1.54) is 41.5 Å². The predicted molar refractivity (Wildman–Crippen MR) is 144 cm³/mol. The minimum Gasteiger partial charge on any atom is -0.382 e. The molecular weight excluding hydrogens is 581 g/mol. The molecule has 3 N–H and O–H groups in total. The van der Waals surface area contributed by atoms with Crippen LogP contribution < -0.4 is 5.32 Å². The van der Waals surface area contributed by atoms with Crippen LogP contribution in [0.15, 0.2) is 48.9 Å². The largest absolute Gasteiger partial charge is 0.416 e. The maximum absolute atomic E-state index is 13.3. The number of aromatic nitrogens is 4. The van der Waals surface area contributed by atoms with Crippen molar-refractivity contribution in [3.05, 3.63) is 71.0 Å². The molecule has 1 aromatic carbocycles.